The number of benzene rings is 1. The van der Waals surface area contributed by atoms with Gasteiger partial charge in [-0.3, -0.25) is 4.90 Å². The predicted molar refractivity (Wildman–Crippen MR) is 94.2 cm³/mol. The number of ether oxygens (including phenoxy) is 1. The summed E-state index contributed by atoms with van der Waals surface area (Å²) in [4.78, 5) is 6.96. The molecule has 0 amide bonds. The van der Waals surface area contributed by atoms with Gasteiger partial charge in [0, 0.05) is 26.2 Å². The molecule has 0 aliphatic carbocycles. The Morgan fingerprint density at radius 3 is 2.57 bits per heavy atom. The zero-order chi connectivity index (χ0) is 16.3. The van der Waals surface area contributed by atoms with E-state index in [0.29, 0.717) is 13.1 Å². The van der Waals surface area contributed by atoms with E-state index >= 15 is 0 Å². The largest absolute Gasteiger partial charge is 0.379 e. The van der Waals surface area contributed by atoms with Crippen molar-refractivity contribution < 1.29 is 4.74 Å². The number of hydrogen-bond donors (Lipinski definition) is 2. The Hall–Kier alpha value is -2.03. The van der Waals surface area contributed by atoms with Crippen LogP contribution in [0, 0.1) is 12.3 Å². The number of rotatable bonds is 6. The van der Waals surface area contributed by atoms with Gasteiger partial charge >= 0.3 is 0 Å². The van der Waals surface area contributed by atoms with E-state index in [-0.39, 0.29) is 0 Å². The van der Waals surface area contributed by atoms with Crippen molar-refractivity contribution in [1.82, 2.24) is 15.5 Å². The van der Waals surface area contributed by atoms with Crippen molar-refractivity contribution in [3.63, 3.8) is 0 Å². The van der Waals surface area contributed by atoms with Crippen LogP contribution >= 0.6 is 0 Å². The Kier molecular flexibility index (Phi) is 7.44. The molecule has 2 rings (SSSR count). The number of guanidine groups is 1. The average molecular weight is 314 g/mol. The summed E-state index contributed by atoms with van der Waals surface area (Å²) in [7, 11) is 0. The first kappa shape index (κ1) is 17.3. The summed E-state index contributed by atoms with van der Waals surface area (Å²) in [6, 6.07) is 8.65. The van der Waals surface area contributed by atoms with Crippen molar-refractivity contribution in [2.45, 2.75) is 20.0 Å². The lowest BCUT2D eigenvalue weighted by Crippen LogP contribution is -2.37. The topological polar surface area (TPSA) is 48.9 Å². The van der Waals surface area contributed by atoms with Crippen LogP contribution in [0.1, 0.15) is 18.1 Å². The standard InChI is InChI=1S/C18H26N4O/c1-3-9-20-18(19-4-2)21-14-16-5-7-17(8-6-16)15-22-10-12-23-13-11-22/h1,5-8H,4,9-15H2,2H3,(H2,19,20,21). The third-order valence-electron chi connectivity index (χ3n) is 3.65. The Morgan fingerprint density at radius 2 is 1.91 bits per heavy atom. The molecule has 0 aromatic heterocycles. The fraction of sp³-hybridized carbons (Fsp3) is 0.500. The van der Waals surface area contributed by atoms with Crippen LogP contribution in [0.2, 0.25) is 0 Å². The highest BCUT2D eigenvalue weighted by molar-refractivity contribution is 5.79. The summed E-state index contributed by atoms with van der Waals surface area (Å²) in [5, 5.41) is 6.27. The lowest BCUT2D eigenvalue weighted by Gasteiger charge is -2.26. The summed E-state index contributed by atoms with van der Waals surface area (Å²) in [6.45, 7) is 8.65. The van der Waals surface area contributed by atoms with E-state index < -0.39 is 0 Å². The first-order valence-corrected chi connectivity index (χ1v) is 8.15. The van der Waals surface area contributed by atoms with Crippen molar-refractivity contribution in [1.29, 1.82) is 0 Å². The van der Waals surface area contributed by atoms with Crippen LogP contribution in [0.15, 0.2) is 29.3 Å². The van der Waals surface area contributed by atoms with Crippen LogP contribution in [0.5, 0.6) is 0 Å². The molecule has 0 spiro atoms. The van der Waals surface area contributed by atoms with Crippen LogP contribution in [0.3, 0.4) is 0 Å². The van der Waals surface area contributed by atoms with Gasteiger partial charge in [-0.05, 0) is 18.1 Å². The quantitative estimate of drug-likeness (QED) is 0.471. The minimum Gasteiger partial charge on any atom is -0.379 e. The van der Waals surface area contributed by atoms with E-state index in [4.69, 9.17) is 11.2 Å². The Morgan fingerprint density at radius 1 is 1.22 bits per heavy atom. The number of nitrogens with zero attached hydrogens (tertiary/aromatic N) is 2. The summed E-state index contributed by atoms with van der Waals surface area (Å²) in [5.74, 6) is 3.31. The van der Waals surface area contributed by atoms with E-state index in [0.717, 1.165) is 45.4 Å². The van der Waals surface area contributed by atoms with Crippen LogP contribution in [-0.4, -0.2) is 50.3 Å². The van der Waals surface area contributed by atoms with Crippen LogP contribution < -0.4 is 10.6 Å². The third kappa shape index (κ3) is 6.31. The Balaban J connectivity index is 1.86. The molecule has 1 aromatic carbocycles. The summed E-state index contributed by atoms with van der Waals surface area (Å²) in [5.41, 5.74) is 2.52. The fourth-order valence-electron chi connectivity index (χ4n) is 2.41. The molecule has 0 saturated carbocycles. The van der Waals surface area contributed by atoms with Gasteiger partial charge in [0.1, 0.15) is 0 Å². The number of aliphatic imine (C=N–C) groups is 1. The van der Waals surface area contributed by atoms with Crippen molar-refractivity contribution in [2.75, 3.05) is 39.4 Å². The normalized spacial score (nSPS) is 15.9. The molecule has 1 aliphatic heterocycles. The minimum absolute atomic E-state index is 0.477. The van der Waals surface area contributed by atoms with Crippen molar-refractivity contribution in [3.05, 3.63) is 35.4 Å². The number of terminal acetylenes is 1. The molecule has 5 nitrogen and oxygen atoms in total. The molecule has 1 saturated heterocycles. The van der Waals surface area contributed by atoms with Crippen LogP contribution in [0.25, 0.3) is 0 Å². The maximum absolute atomic E-state index is 5.38. The molecular weight excluding hydrogens is 288 g/mol. The van der Waals surface area contributed by atoms with Crippen molar-refractivity contribution in [2.24, 2.45) is 4.99 Å². The second kappa shape index (κ2) is 9.88. The molecule has 1 heterocycles. The van der Waals surface area contributed by atoms with Gasteiger partial charge in [0.15, 0.2) is 5.96 Å². The van der Waals surface area contributed by atoms with Gasteiger partial charge in [-0.2, -0.15) is 0 Å². The molecule has 2 N–H and O–H groups in total. The number of hydrogen-bond acceptors (Lipinski definition) is 3. The van der Waals surface area contributed by atoms with E-state index in [9.17, 15) is 0 Å². The van der Waals surface area contributed by atoms with Crippen molar-refractivity contribution >= 4 is 5.96 Å². The minimum atomic E-state index is 0.477. The molecule has 0 unspecified atom stereocenters. The van der Waals surface area contributed by atoms with Gasteiger partial charge in [-0.15, -0.1) is 6.42 Å². The Bertz CT molecular complexity index is 527. The molecule has 0 radical (unpaired) electrons. The van der Waals surface area contributed by atoms with Gasteiger partial charge in [-0.25, -0.2) is 4.99 Å². The van der Waals surface area contributed by atoms with Gasteiger partial charge in [0.05, 0.1) is 26.3 Å². The summed E-state index contributed by atoms with van der Waals surface area (Å²) >= 11 is 0. The second-order valence-electron chi connectivity index (χ2n) is 5.46. The lowest BCUT2D eigenvalue weighted by molar-refractivity contribution is 0.0342. The molecule has 1 aromatic rings. The maximum atomic E-state index is 5.38. The molecule has 5 heteroatoms. The molecule has 1 fully saturated rings. The van der Waals surface area contributed by atoms with E-state index in [1.807, 2.05) is 6.92 Å². The highest BCUT2D eigenvalue weighted by Gasteiger charge is 2.10. The van der Waals surface area contributed by atoms with Gasteiger partial charge in [0.2, 0.25) is 0 Å². The van der Waals surface area contributed by atoms with Gasteiger partial charge < -0.3 is 15.4 Å². The van der Waals surface area contributed by atoms with E-state index in [2.05, 4.69) is 50.7 Å². The van der Waals surface area contributed by atoms with Crippen LogP contribution in [0.4, 0.5) is 0 Å². The van der Waals surface area contributed by atoms with Gasteiger partial charge in [-0.1, -0.05) is 30.2 Å². The number of morpholine rings is 1. The highest BCUT2D eigenvalue weighted by Crippen LogP contribution is 2.10. The fourth-order valence-corrected chi connectivity index (χ4v) is 2.41. The molecule has 124 valence electrons. The maximum Gasteiger partial charge on any atom is 0.192 e. The van der Waals surface area contributed by atoms with E-state index in [1.54, 1.807) is 0 Å². The zero-order valence-electron chi connectivity index (χ0n) is 13.8. The van der Waals surface area contributed by atoms with Crippen LogP contribution in [-0.2, 0) is 17.8 Å². The number of nitrogens with one attached hydrogen (secondary N) is 2. The lowest BCUT2D eigenvalue weighted by atomic mass is 10.1. The highest BCUT2D eigenvalue weighted by atomic mass is 16.5. The average Bonchev–Trinajstić information content (AvgIpc) is 2.59. The third-order valence-corrected chi connectivity index (χ3v) is 3.65. The first-order chi connectivity index (χ1) is 11.3. The smallest absolute Gasteiger partial charge is 0.192 e. The molecule has 23 heavy (non-hydrogen) atoms. The monoisotopic (exact) mass is 314 g/mol. The summed E-state index contributed by atoms with van der Waals surface area (Å²) in [6.07, 6.45) is 5.27. The van der Waals surface area contributed by atoms with Crippen molar-refractivity contribution in [3.8, 4) is 12.3 Å². The molecule has 1 aliphatic rings. The SMILES string of the molecule is C#CCNC(=NCc1ccc(CN2CCOCC2)cc1)NCC. The van der Waals surface area contributed by atoms with Gasteiger partial charge in [0.25, 0.3) is 0 Å². The summed E-state index contributed by atoms with van der Waals surface area (Å²) < 4.78 is 5.38. The predicted octanol–water partition coefficient (Wildman–Crippen LogP) is 1.21. The first-order valence-electron chi connectivity index (χ1n) is 8.15. The Labute approximate surface area is 139 Å². The van der Waals surface area contributed by atoms with E-state index in [1.165, 1.54) is 11.1 Å². The second-order valence-corrected chi connectivity index (χ2v) is 5.46. The molecule has 0 bridgehead atoms. The molecule has 0 atom stereocenters. The molecular formula is C18H26N4O. The zero-order valence-corrected chi connectivity index (χ0v) is 13.8.